The van der Waals surface area contributed by atoms with Crippen LogP contribution in [0.25, 0.3) is 39.2 Å². The molecule has 0 fully saturated rings. The van der Waals surface area contributed by atoms with Crippen molar-refractivity contribution in [2.45, 2.75) is 12.6 Å². The summed E-state index contributed by atoms with van der Waals surface area (Å²) in [6, 6.07) is 21.6. The lowest BCUT2D eigenvalue weighted by molar-refractivity contribution is -0.910. The zero-order valence-corrected chi connectivity index (χ0v) is 23.7. The zero-order chi connectivity index (χ0) is 30.0. The first-order valence-corrected chi connectivity index (χ1v) is 13.9. The van der Waals surface area contributed by atoms with Gasteiger partial charge in [0.1, 0.15) is 6.33 Å². The highest BCUT2D eigenvalue weighted by molar-refractivity contribution is 6.31. The van der Waals surface area contributed by atoms with E-state index < -0.39 is 11.9 Å². The first kappa shape index (κ1) is 27.1. The van der Waals surface area contributed by atoms with E-state index in [-0.39, 0.29) is 10.6 Å². The van der Waals surface area contributed by atoms with Crippen molar-refractivity contribution in [1.82, 2.24) is 44.8 Å². The number of tetrazole rings is 1. The lowest BCUT2D eigenvalue weighted by Gasteiger charge is -2.16. The average molecular weight is 606 g/mol. The first-order valence-electron chi connectivity index (χ1n) is 13.5. The molecule has 1 unspecified atom stereocenters. The van der Waals surface area contributed by atoms with Crippen molar-refractivity contribution in [3.63, 3.8) is 0 Å². The summed E-state index contributed by atoms with van der Waals surface area (Å²) in [5.41, 5.74) is 5.00. The van der Waals surface area contributed by atoms with E-state index >= 15 is 4.39 Å². The van der Waals surface area contributed by atoms with Gasteiger partial charge in [-0.15, -0.1) is 5.10 Å². The van der Waals surface area contributed by atoms with Gasteiger partial charge in [-0.3, -0.25) is 19.6 Å². The van der Waals surface area contributed by atoms with Gasteiger partial charge in [-0.1, -0.05) is 41.9 Å². The molecule has 5 aromatic heterocycles. The lowest BCUT2D eigenvalue weighted by Crippen LogP contribution is -2.39. The van der Waals surface area contributed by atoms with Gasteiger partial charge in [-0.25, -0.2) is 4.39 Å². The summed E-state index contributed by atoms with van der Waals surface area (Å²) in [7, 11) is 0. The number of halogens is 2. The van der Waals surface area contributed by atoms with Crippen LogP contribution in [-0.4, -0.2) is 50.0 Å². The second-order valence-corrected chi connectivity index (χ2v) is 10.4. The van der Waals surface area contributed by atoms with E-state index in [0.717, 1.165) is 27.1 Å². The molecule has 0 aliphatic carbocycles. The maximum absolute atomic E-state index is 15.5. The van der Waals surface area contributed by atoms with E-state index in [0.29, 0.717) is 23.5 Å². The molecule has 216 valence electrons. The average Bonchev–Trinajstić information content (AvgIpc) is 3.85. The monoisotopic (exact) mass is 605 g/mol. The van der Waals surface area contributed by atoms with Crippen LogP contribution in [0.15, 0.2) is 116 Å². The normalized spacial score (nSPS) is 12.0. The number of rotatable bonds is 8. The second kappa shape index (κ2) is 11.5. The van der Waals surface area contributed by atoms with Crippen molar-refractivity contribution in [3.8, 4) is 39.2 Å². The summed E-state index contributed by atoms with van der Waals surface area (Å²) < 4.78 is 21.3. The predicted octanol–water partition coefficient (Wildman–Crippen LogP) is 5.06. The second-order valence-electron chi connectivity index (χ2n) is 9.95. The van der Waals surface area contributed by atoms with E-state index in [4.69, 9.17) is 16.7 Å². The number of hydrogen-bond donors (Lipinski definition) is 1. The molecule has 0 saturated carbocycles. The molecule has 0 radical (unpaired) electrons. The Morgan fingerprint density at radius 2 is 1.75 bits per heavy atom. The van der Waals surface area contributed by atoms with Crippen LogP contribution in [0.4, 0.5) is 4.39 Å². The van der Waals surface area contributed by atoms with Gasteiger partial charge in [0.25, 0.3) is 5.69 Å². The Morgan fingerprint density at radius 3 is 2.52 bits per heavy atom. The fraction of sp³-hybridized carbons (Fsp3) is 0.0645. The van der Waals surface area contributed by atoms with Crippen molar-refractivity contribution >= 4 is 11.6 Å². The topological polar surface area (TPSA) is 116 Å². The maximum atomic E-state index is 15.5. The Bertz CT molecular complexity index is 2050. The summed E-state index contributed by atoms with van der Waals surface area (Å²) in [5, 5.41) is 32.0. The quantitative estimate of drug-likeness (QED) is 0.190. The number of pyridine rings is 2. The van der Waals surface area contributed by atoms with Crippen LogP contribution >= 0.6 is 11.6 Å². The number of hydrogen-bond acceptors (Lipinski definition) is 7. The number of benzene rings is 2. The van der Waals surface area contributed by atoms with Crippen molar-refractivity contribution in [3.05, 3.63) is 133 Å². The minimum Gasteiger partial charge on any atom is -0.285 e. The smallest absolute Gasteiger partial charge is 0.260 e. The number of aromatic nitrogens is 10. The van der Waals surface area contributed by atoms with Crippen LogP contribution in [0, 0.1) is 5.82 Å². The van der Waals surface area contributed by atoms with Crippen molar-refractivity contribution in [2.75, 3.05) is 0 Å². The molecule has 11 nitrogen and oxygen atoms in total. The highest BCUT2D eigenvalue weighted by Gasteiger charge is 2.29. The molecule has 2 aromatic carbocycles. The van der Waals surface area contributed by atoms with Crippen LogP contribution in [0.2, 0.25) is 5.02 Å². The molecule has 44 heavy (non-hydrogen) atoms. The van der Waals surface area contributed by atoms with E-state index in [1.54, 1.807) is 46.2 Å². The van der Waals surface area contributed by atoms with Crippen LogP contribution in [-0.2, 0) is 6.54 Å². The van der Waals surface area contributed by atoms with Gasteiger partial charge in [0, 0.05) is 46.7 Å². The molecule has 7 aromatic rings. The summed E-state index contributed by atoms with van der Waals surface area (Å²) in [4.78, 5) is 4.10. The van der Waals surface area contributed by atoms with Gasteiger partial charge in [0.05, 0.1) is 40.3 Å². The minimum atomic E-state index is -0.664. The number of nitrogens with zero attached hydrogens (tertiary/aromatic N) is 10. The van der Waals surface area contributed by atoms with E-state index in [1.165, 1.54) is 23.3 Å². The molecule has 5 heterocycles. The lowest BCUT2D eigenvalue weighted by atomic mass is 10.0. The van der Waals surface area contributed by atoms with Gasteiger partial charge in [-0.2, -0.15) is 14.9 Å². The van der Waals surface area contributed by atoms with Crippen LogP contribution in [0.5, 0.6) is 0 Å². The molecule has 0 amide bonds. The first-order chi connectivity index (χ1) is 21.5. The predicted molar refractivity (Wildman–Crippen MR) is 158 cm³/mol. The summed E-state index contributed by atoms with van der Waals surface area (Å²) >= 11 is 6.16. The molecule has 0 saturated heterocycles. The Hall–Kier alpha value is -5.75. The molecule has 13 heteroatoms. The highest BCUT2D eigenvalue weighted by Crippen LogP contribution is 2.33. The highest BCUT2D eigenvalue weighted by atomic mass is 35.5. The molecular formula is C31H23ClFN10O+. The van der Waals surface area contributed by atoms with Gasteiger partial charge in [-0.05, 0) is 52.4 Å². The molecule has 0 spiro atoms. The Morgan fingerprint density at radius 1 is 0.909 bits per heavy atom. The third-order valence-electron chi connectivity index (χ3n) is 7.26. The molecule has 7 rings (SSSR count). The van der Waals surface area contributed by atoms with Crippen LogP contribution < -0.4 is 4.73 Å². The standard InChI is InChI=1S/C31H23ClFN10O/c32-25-7-9-28(42-20-35-38-39-42)30(31(25)33)23-6-8-27(43(44)18-23)29(41-17-24(16-36-41)21-10-13-34-14-11-21)19-40-15-12-26(37-40)22-4-2-1-3-5-22/h1-18,20,29,44H,19H2/q+1. The summed E-state index contributed by atoms with van der Waals surface area (Å²) in [6.45, 7) is 0.339. The molecule has 0 bridgehead atoms. The SMILES string of the molecule is O[n+]1cc(-c2c(-n3cnnn3)ccc(Cl)c2F)ccc1C(Cn1ccc(-c2ccccc2)n1)n1cc(-c2ccncc2)cn1. The van der Waals surface area contributed by atoms with Gasteiger partial charge in [0.15, 0.2) is 11.9 Å². The fourth-order valence-corrected chi connectivity index (χ4v) is 5.27. The largest absolute Gasteiger partial charge is 0.285 e. The Balaban J connectivity index is 1.30. The summed E-state index contributed by atoms with van der Waals surface area (Å²) in [6.07, 6.45) is 11.8. The van der Waals surface area contributed by atoms with E-state index in [9.17, 15) is 5.21 Å². The molecule has 1 atom stereocenters. The van der Waals surface area contributed by atoms with E-state index in [1.807, 2.05) is 60.9 Å². The molecular weight excluding hydrogens is 583 g/mol. The maximum Gasteiger partial charge on any atom is 0.260 e. The van der Waals surface area contributed by atoms with Gasteiger partial charge < -0.3 is 0 Å². The third-order valence-corrected chi connectivity index (χ3v) is 7.55. The van der Waals surface area contributed by atoms with Crippen molar-refractivity contribution in [1.29, 1.82) is 0 Å². The summed E-state index contributed by atoms with van der Waals surface area (Å²) in [5.74, 6) is -0.664. The van der Waals surface area contributed by atoms with Crippen molar-refractivity contribution < 1.29 is 14.3 Å². The van der Waals surface area contributed by atoms with Crippen LogP contribution in [0.1, 0.15) is 11.7 Å². The minimum absolute atomic E-state index is 0.0728. The third kappa shape index (κ3) is 5.18. The Labute approximate surface area is 255 Å². The van der Waals surface area contributed by atoms with Crippen LogP contribution in [0.3, 0.4) is 0 Å². The fourth-order valence-electron chi connectivity index (χ4n) is 5.11. The van der Waals surface area contributed by atoms with Gasteiger partial charge in [0.2, 0.25) is 6.20 Å². The molecule has 1 N–H and O–H groups in total. The van der Waals surface area contributed by atoms with Crippen molar-refractivity contribution in [2.24, 2.45) is 0 Å². The Kier molecular flexibility index (Phi) is 7.08. The molecule has 0 aliphatic rings. The zero-order valence-electron chi connectivity index (χ0n) is 22.9. The molecule has 0 aliphatic heterocycles. The van der Waals surface area contributed by atoms with Gasteiger partial charge >= 0.3 is 0 Å². The van der Waals surface area contributed by atoms with E-state index in [2.05, 4.69) is 25.6 Å².